The van der Waals surface area contributed by atoms with Gasteiger partial charge in [-0.25, -0.2) is 0 Å². The zero-order valence-corrected chi connectivity index (χ0v) is 6.95. The van der Waals surface area contributed by atoms with Crippen LogP contribution in [0.4, 0.5) is 0 Å². The average Bonchev–Trinajstić information content (AvgIpc) is 1.93. The number of aliphatic hydroxyl groups excluding tert-OH is 1. The molecule has 2 unspecified atom stereocenters. The van der Waals surface area contributed by atoms with Gasteiger partial charge < -0.3 is 10.2 Å². The predicted octanol–water partition coefficient (Wildman–Crippen LogP) is 1.23. The van der Waals surface area contributed by atoms with E-state index in [1.807, 2.05) is 0 Å². The third-order valence-corrected chi connectivity index (χ3v) is 2.31. The van der Waals surface area contributed by atoms with Crippen LogP contribution < -0.4 is 0 Å². The molecule has 64 valence electrons. The first-order valence-corrected chi connectivity index (χ1v) is 4.18. The van der Waals surface area contributed by atoms with Gasteiger partial charge in [-0.2, -0.15) is 0 Å². The van der Waals surface area contributed by atoms with Crippen LogP contribution in [0, 0.1) is 0 Å². The van der Waals surface area contributed by atoms with Gasteiger partial charge >= 0.3 is 0 Å². The maximum Gasteiger partial charge on any atom is 0.0880 e. The molecule has 0 heterocycles. The topological polar surface area (TPSA) is 40.5 Å². The van der Waals surface area contributed by atoms with E-state index in [4.69, 9.17) is 0 Å². The van der Waals surface area contributed by atoms with Crippen molar-refractivity contribution >= 4 is 0 Å². The van der Waals surface area contributed by atoms with Crippen molar-refractivity contribution in [3.05, 3.63) is 12.2 Å². The molecule has 2 atom stereocenters. The standard InChI is InChI=1S/C9H16O2/c1-9(11)7-5-3-2-4-6-8(9)10/h2-3,8,10-11H,4-7H2,1H3/b3-2-. The van der Waals surface area contributed by atoms with Crippen LogP contribution in [0.1, 0.15) is 32.6 Å². The Morgan fingerprint density at radius 2 is 2.00 bits per heavy atom. The number of allylic oxidation sites excluding steroid dienone is 2. The fraction of sp³-hybridized carbons (Fsp3) is 0.778. The van der Waals surface area contributed by atoms with Gasteiger partial charge in [-0.05, 0) is 32.6 Å². The van der Waals surface area contributed by atoms with E-state index in [1.54, 1.807) is 6.92 Å². The lowest BCUT2D eigenvalue weighted by atomic mass is 9.89. The first-order valence-electron chi connectivity index (χ1n) is 4.18. The summed E-state index contributed by atoms with van der Waals surface area (Å²) in [7, 11) is 0. The van der Waals surface area contributed by atoms with E-state index in [2.05, 4.69) is 12.2 Å². The van der Waals surface area contributed by atoms with E-state index < -0.39 is 11.7 Å². The van der Waals surface area contributed by atoms with E-state index in [-0.39, 0.29) is 0 Å². The summed E-state index contributed by atoms with van der Waals surface area (Å²) in [4.78, 5) is 0. The van der Waals surface area contributed by atoms with Gasteiger partial charge in [0.25, 0.3) is 0 Å². The molecule has 1 aliphatic rings. The second kappa shape index (κ2) is 3.37. The Kier molecular flexibility index (Phi) is 2.68. The molecule has 0 saturated carbocycles. The van der Waals surface area contributed by atoms with E-state index in [1.165, 1.54) is 0 Å². The van der Waals surface area contributed by atoms with Crippen LogP contribution in [-0.2, 0) is 0 Å². The predicted molar refractivity (Wildman–Crippen MR) is 44.2 cm³/mol. The van der Waals surface area contributed by atoms with Crippen molar-refractivity contribution in [2.75, 3.05) is 0 Å². The monoisotopic (exact) mass is 156 g/mol. The van der Waals surface area contributed by atoms with Crippen LogP contribution in [0.3, 0.4) is 0 Å². The zero-order chi connectivity index (χ0) is 8.32. The normalized spacial score (nSPS) is 42.6. The van der Waals surface area contributed by atoms with Crippen molar-refractivity contribution in [3.8, 4) is 0 Å². The molecule has 0 bridgehead atoms. The van der Waals surface area contributed by atoms with Gasteiger partial charge in [0, 0.05) is 0 Å². The van der Waals surface area contributed by atoms with E-state index in [0.717, 1.165) is 12.8 Å². The van der Waals surface area contributed by atoms with Crippen molar-refractivity contribution in [3.63, 3.8) is 0 Å². The Balaban J connectivity index is 2.58. The maximum atomic E-state index is 9.66. The highest BCUT2D eigenvalue weighted by molar-refractivity contribution is 4.92. The molecule has 0 saturated heterocycles. The lowest BCUT2D eigenvalue weighted by Gasteiger charge is -2.29. The molecule has 1 rings (SSSR count). The minimum absolute atomic E-state index is 0.563. The smallest absolute Gasteiger partial charge is 0.0880 e. The summed E-state index contributed by atoms with van der Waals surface area (Å²) in [5.41, 5.74) is -0.884. The van der Waals surface area contributed by atoms with Crippen LogP contribution in [0.25, 0.3) is 0 Å². The Morgan fingerprint density at radius 3 is 2.73 bits per heavy atom. The molecule has 2 nitrogen and oxygen atoms in total. The lowest BCUT2D eigenvalue weighted by Crippen LogP contribution is -2.39. The lowest BCUT2D eigenvalue weighted by molar-refractivity contribution is -0.0697. The Bertz CT molecular complexity index is 150. The largest absolute Gasteiger partial charge is 0.390 e. The third kappa shape index (κ3) is 2.31. The van der Waals surface area contributed by atoms with E-state index in [0.29, 0.717) is 12.8 Å². The molecule has 0 aliphatic heterocycles. The van der Waals surface area contributed by atoms with Gasteiger partial charge in [0.15, 0.2) is 0 Å². The minimum atomic E-state index is -0.884. The van der Waals surface area contributed by atoms with Crippen molar-refractivity contribution in [2.45, 2.75) is 44.3 Å². The highest BCUT2D eigenvalue weighted by Gasteiger charge is 2.29. The summed E-state index contributed by atoms with van der Waals surface area (Å²) in [6.07, 6.45) is 6.64. The maximum absolute atomic E-state index is 9.66. The molecular weight excluding hydrogens is 140 g/mol. The number of rotatable bonds is 0. The van der Waals surface area contributed by atoms with Crippen LogP contribution in [0.15, 0.2) is 12.2 Å². The zero-order valence-electron chi connectivity index (χ0n) is 6.95. The van der Waals surface area contributed by atoms with Crippen LogP contribution in [0.2, 0.25) is 0 Å². The summed E-state index contributed by atoms with van der Waals surface area (Å²) in [5, 5.41) is 19.1. The first kappa shape index (κ1) is 8.75. The van der Waals surface area contributed by atoms with E-state index in [9.17, 15) is 10.2 Å². The van der Waals surface area contributed by atoms with Crippen LogP contribution >= 0.6 is 0 Å². The first-order chi connectivity index (χ1) is 5.13. The van der Waals surface area contributed by atoms with Gasteiger partial charge in [0.05, 0.1) is 11.7 Å². The molecule has 2 heteroatoms. The Hall–Kier alpha value is -0.340. The molecule has 2 N–H and O–H groups in total. The molecule has 0 amide bonds. The van der Waals surface area contributed by atoms with Crippen molar-refractivity contribution in [1.29, 1.82) is 0 Å². The number of hydrogen-bond acceptors (Lipinski definition) is 2. The van der Waals surface area contributed by atoms with Gasteiger partial charge in [-0.1, -0.05) is 12.2 Å². The quantitative estimate of drug-likeness (QED) is 0.518. The van der Waals surface area contributed by atoms with Gasteiger partial charge in [-0.15, -0.1) is 0 Å². The molecule has 0 radical (unpaired) electrons. The SMILES string of the molecule is CC1(O)CC/C=C\CCC1O. The summed E-state index contributed by atoms with van der Waals surface area (Å²) >= 11 is 0. The van der Waals surface area contributed by atoms with Crippen molar-refractivity contribution < 1.29 is 10.2 Å². The van der Waals surface area contributed by atoms with Crippen molar-refractivity contribution in [2.24, 2.45) is 0 Å². The minimum Gasteiger partial charge on any atom is -0.390 e. The summed E-state index contributed by atoms with van der Waals surface area (Å²) < 4.78 is 0. The van der Waals surface area contributed by atoms with Gasteiger partial charge in [-0.3, -0.25) is 0 Å². The molecule has 0 spiro atoms. The van der Waals surface area contributed by atoms with Crippen LogP contribution in [0.5, 0.6) is 0 Å². The summed E-state index contributed by atoms with van der Waals surface area (Å²) in [6, 6.07) is 0. The van der Waals surface area contributed by atoms with E-state index >= 15 is 0 Å². The average molecular weight is 156 g/mol. The molecular formula is C9H16O2. The summed E-state index contributed by atoms with van der Waals surface area (Å²) in [5.74, 6) is 0. The van der Waals surface area contributed by atoms with Crippen LogP contribution in [-0.4, -0.2) is 21.9 Å². The highest BCUT2D eigenvalue weighted by Crippen LogP contribution is 2.22. The van der Waals surface area contributed by atoms with Gasteiger partial charge in [0.1, 0.15) is 0 Å². The Labute approximate surface area is 67.6 Å². The number of hydrogen-bond donors (Lipinski definition) is 2. The highest BCUT2D eigenvalue weighted by atomic mass is 16.3. The van der Waals surface area contributed by atoms with Gasteiger partial charge in [0.2, 0.25) is 0 Å². The molecule has 0 fully saturated rings. The fourth-order valence-corrected chi connectivity index (χ4v) is 1.34. The molecule has 11 heavy (non-hydrogen) atoms. The van der Waals surface area contributed by atoms with Crippen molar-refractivity contribution in [1.82, 2.24) is 0 Å². The molecule has 0 aromatic carbocycles. The molecule has 1 aliphatic carbocycles. The second-order valence-electron chi connectivity index (χ2n) is 3.46. The number of aliphatic hydroxyl groups is 2. The molecule has 0 aromatic rings. The molecule has 0 aromatic heterocycles. The summed E-state index contributed by atoms with van der Waals surface area (Å²) in [6.45, 7) is 1.71. The second-order valence-corrected chi connectivity index (χ2v) is 3.46. The fourth-order valence-electron chi connectivity index (χ4n) is 1.34. The third-order valence-electron chi connectivity index (χ3n) is 2.31. The Morgan fingerprint density at radius 1 is 1.36 bits per heavy atom.